The largest absolute Gasteiger partial charge is 0.479 e. The number of rotatable bonds is 6. The molecule has 1 atom stereocenters. The van der Waals surface area contributed by atoms with Crippen LogP contribution in [-0.2, 0) is 10.3 Å². The van der Waals surface area contributed by atoms with Crippen LogP contribution >= 0.6 is 23.4 Å². The van der Waals surface area contributed by atoms with Gasteiger partial charge in [-0.2, -0.15) is 0 Å². The van der Waals surface area contributed by atoms with Crippen molar-refractivity contribution in [2.45, 2.75) is 24.0 Å². The molecule has 0 bridgehead atoms. The molecule has 2 N–H and O–H groups in total. The van der Waals surface area contributed by atoms with E-state index in [2.05, 4.69) is 5.32 Å². The summed E-state index contributed by atoms with van der Waals surface area (Å²) in [5.74, 6) is -1.65. The van der Waals surface area contributed by atoms with Gasteiger partial charge in [0.2, 0.25) is 0 Å². The third kappa shape index (κ3) is 3.54. The van der Waals surface area contributed by atoms with Crippen molar-refractivity contribution in [3.63, 3.8) is 0 Å². The van der Waals surface area contributed by atoms with Crippen LogP contribution in [0.5, 0.6) is 0 Å². The van der Waals surface area contributed by atoms with Crippen LogP contribution in [0.15, 0.2) is 45.9 Å². The summed E-state index contributed by atoms with van der Waals surface area (Å²) in [6.07, 6.45) is 1.99. The number of aliphatic carboxylic acids is 1. The van der Waals surface area contributed by atoms with Gasteiger partial charge in [-0.15, -0.1) is 0 Å². The molecule has 5 nitrogen and oxygen atoms in total. The maximum absolute atomic E-state index is 12.4. The predicted molar refractivity (Wildman–Crippen MR) is 89.0 cm³/mol. The maximum atomic E-state index is 12.4. The molecular weight excluding hydrogens is 338 g/mol. The Labute approximate surface area is 143 Å². The first-order valence-corrected chi connectivity index (χ1v) is 8.49. The van der Waals surface area contributed by atoms with E-state index in [4.69, 9.17) is 16.0 Å². The standard InChI is InChI=1S/C16H16ClNO4S/c1-3-16(15(20)21,10-4-6-11(17)7-5-10)18-14(19)12-8-9-13(22-12)23-2/h4-9H,3H2,1-2H3,(H,18,19)(H,20,21). The molecule has 1 unspecified atom stereocenters. The molecule has 1 aromatic heterocycles. The van der Waals surface area contributed by atoms with E-state index in [0.29, 0.717) is 15.7 Å². The van der Waals surface area contributed by atoms with Crippen LogP contribution in [0.3, 0.4) is 0 Å². The van der Waals surface area contributed by atoms with Crippen molar-refractivity contribution in [2.75, 3.05) is 6.26 Å². The summed E-state index contributed by atoms with van der Waals surface area (Å²) in [6, 6.07) is 9.55. The van der Waals surface area contributed by atoms with Crippen molar-refractivity contribution in [2.24, 2.45) is 0 Å². The summed E-state index contributed by atoms with van der Waals surface area (Å²) >= 11 is 7.21. The minimum atomic E-state index is -1.55. The van der Waals surface area contributed by atoms with Gasteiger partial charge in [-0.3, -0.25) is 4.79 Å². The number of hydrogen-bond donors (Lipinski definition) is 2. The predicted octanol–water partition coefficient (Wildman–Crippen LogP) is 3.77. The van der Waals surface area contributed by atoms with E-state index >= 15 is 0 Å². The lowest BCUT2D eigenvalue weighted by atomic mass is 9.87. The quantitative estimate of drug-likeness (QED) is 0.773. The summed E-state index contributed by atoms with van der Waals surface area (Å²) in [5, 5.41) is 13.4. The molecule has 0 saturated carbocycles. The van der Waals surface area contributed by atoms with E-state index in [9.17, 15) is 14.7 Å². The Morgan fingerprint density at radius 3 is 2.39 bits per heavy atom. The Morgan fingerprint density at radius 2 is 1.91 bits per heavy atom. The number of carboxylic acids is 1. The summed E-state index contributed by atoms with van der Waals surface area (Å²) in [6.45, 7) is 1.69. The number of halogens is 1. The van der Waals surface area contributed by atoms with Gasteiger partial charge in [0.1, 0.15) is 0 Å². The zero-order chi connectivity index (χ0) is 17.0. The number of thioether (sulfide) groups is 1. The van der Waals surface area contributed by atoms with E-state index in [1.807, 2.05) is 6.26 Å². The number of hydrogen-bond acceptors (Lipinski definition) is 4. The van der Waals surface area contributed by atoms with E-state index in [0.717, 1.165) is 0 Å². The van der Waals surface area contributed by atoms with Gasteiger partial charge in [-0.05, 0) is 42.5 Å². The van der Waals surface area contributed by atoms with Crippen LogP contribution in [0.25, 0.3) is 0 Å². The Balaban J connectivity index is 2.37. The van der Waals surface area contributed by atoms with Gasteiger partial charge in [0.25, 0.3) is 5.91 Å². The fourth-order valence-electron chi connectivity index (χ4n) is 2.23. The highest BCUT2D eigenvalue weighted by Crippen LogP contribution is 2.28. The summed E-state index contributed by atoms with van der Waals surface area (Å²) < 4.78 is 5.36. The average molecular weight is 354 g/mol. The molecule has 0 aliphatic rings. The molecule has 23 heavy (non-hydrogen) atoms. The molecule has 0 aliphatic heterocycles. The number of amides is 1. The molecule has 0 fully saturated rings. The molecule has 7 heteroatoms. The lowest BCUT2D eigenvalue weighted by Gasteiger charge is -2.29. The fourth-order valence-corrected chi connectivity index (χ4v) is 2.74. The highest BCUT2D eigenvalue weighted by Gasteiger charge is 2.41. The second kappa shape index (κ2) is 7.10. The summed E-state index contributed by atoms with van der Waals surface area (Å²) in [7, 11) is 0. The zero-order valence-electron chi connectivity index (χ0n) is 12.6. The topological polar surface area (TPSA) is 79.5 Å². The zero-order valence-corrected chi connectivity index (χ0v) is 14.2. The summed E-state index contributed by atoms with van der Waals surface area (Å²) in [4.78, 5) is 24.3. The number of carbonyl (C=O) groups is 2. The van der Waals surface area contributed by atoms with E-state index in [1.165, 1.54) is 17.8 Å². The van der Waals surface area contributed by atoms with Crippen LogP contribution in [0.1, 0.15) is 29.5 Å². The van der Waals surface area contributed by atoms with Crippen LogP contribution in [0.2, 0.25) is 5.02 Å². The fraction of sp³-hybridized carbons (Fsp3) is 0.250. The smallest absolute Gasteiger partial charge is 0.334 e. The lowest BCUT2D eigenvalue weighted by Crippen LogP contribution is -2.51. The molecule has 2 rings (SSSR count). The number of carboxylic acid groups (broad SMARTS) is 1. The molecule has 1 aromatic carbocycles. The molecule has 0 saturated heterocycles. The molecule has 0 aliphatic carbocycles. The van der Waals surface area contributed by atoms with Gasteiger partial charge in [-0.1, -0.05) is 42.4 Å². The third-order valence-electron chi connectivity index (χ3n) is 3.57. The van der Waals surface area contributed by atoms with Crippen molar-refractivity contribution in [1.82, 2.24) is 5.32 Å². The van der Waals surface area contributed by atoms with Crippen LogP contribution in [-0.4, -0.2) is 23.2 Å². The molecular formula is C16H16ClNO4S. The van der Waals surface area contributed by atoms with Crippen molar-refractivity contribution >= 4 is 35.2 Å². The number of carbonyl (C=O) groups excluding carboxylic acids is 1. The van der Waals surface area contributed by atoms with Crippen molar-refractivity contribution < 1.29 is 19.1 Å². The SMILES string of the molecule is CCC(NC(=O)c1ccc(SC)o1)(C(=O)O)c1ccc(Cl)cc1. The van der Waals surface area contributed by atoms with Gasteiger partial charge in [-0.25, -0.2) is 4.79 Å². The van der Waals surface area contributed by atoms with E-state index in [1.54, 1.807) is 37.3 Å². The number of nitrogens with one attached hydrogen (secondary N) is 1. The molecule has 1 amide bonds. The first-order valence-electron chi connectivity index (χ1n) is 6.88. The van der Waals surface area contributed by atoms with E-state index in [-0.39, 0.29) is 12.2 Å². The average Bonchev–Trinajstić information content (AvgIpc) is 3.02. The first-order chi connectivity index (χ1) is 10.9. The van der Waals surface area contributed by atoms with Crippen molar-refractivity contribution in [3.05, 3.63) is 52.7 Å². The highest BCUT2D eigenvalue weighted by atomic mass is 35.5. The Bertz CT molecular complexity index is 713. The number of benzene rings is 1. The molecule has 0 radical (unpaired) electrons. The second-order valence-electron chi connectivity index (χ2n) is 4.85. The maximum Gasteiger partial charge on any atom is 0.334 e. The third-order valence-corrected chi connectivity index (χ3v) is 4.44. The van der Waals surface area contributed by atoms with Gasteiger partial charge in [0.15, 0.2) is 16.4 Å². The molecule has 2 aromatic rings. The van der Waals surface area contributed by atoms with Crippen molar-refractivity contribution in [1.29, 1.82) is 0 Å². The highest BCUT2D eigenvalue weighted by molar-refractivity contribution is 7.98. The molecule has 122 valence electrons. The van der Waals surface area contributed by atoms with Gasteiger partial charge >= 0.3 is 5.97 Å². The minimum Gasteiger partial charge on any atom is -0.479 e. The van der Waals surface area contributed by atoms with Crippen LogP contribution < -0.4 is 5.32 Å². The first kappa shape index (κ1) is 17.4. The molecule has 1 heterocycles. The van der Waals surface area contributed by atoms with Crippen LogP contribution in [0.4, 0.5) is 0 Å². The monoisotopic (exact) mass is 353 g/mol. The van der Waals surface area contributed by atoms with Gasteiger partial charge in [0.05, 0.1) is 0 Å². The number of furan rings is 1. The Hall–Kier alpha value is -1.92. The second-order valence-corrected chi connectivity index (χ2v) is 6.09. The minimum absolute atomic E-state index is 0.0717. The summed E-state index contributed by atoms with van der Waals surface area (Å²) in [5.41, 5.74) is -1.10. The Morgan fingerprint density at radius 1 is 1.26 bits per heavy atom. The van der Waals surface area contributed by atoms with E-state index < -0.39 is 17.4 Å². The van der Waals surface area contributed by atoms with Crippen molar-refractivity contribution in [3.8, 4) is 0 Å². The lowest BCUT2D eigenvalue weighted by molar-refractivity contribution is -0.145. The Kier molecular flexibility index (Phi) is 5.38. The van der Waals surface area contributed by atoms with Crippen LogP contribution in [0, 0.1) is 0 Å². The van der Waals surface area contributed by atoms with Gasteiger partial charge in [0, 0.05) is 5.02 Å². The molecule has 0 spiro atoms. The normalized spacial score (nSPS) is 13.3. The van der Waals surface area contributed by atoms with Gasteiger partial charge < -0.3 is 14.8 Å².